The van der Waals surface area contributed by atoms with Gasteiger partial charge in [-0.3, -0.25) is 0 Å². The molecule has 1 fully saturated rings. The van der Waals surface area contributed by atoms with Crippen LogP contribution in [0.3, 0.4) is 0 Å². The number of aromatic hydroxyl groups is 1. The van der Waals surface area contributed by atoms with Crippen LogP contribution in [0.4, 0.5) is 0 Å². The molecule has 1 unspecified atom stereocenters. The molecule has 0 aromatic carbocycles. The maximum atomic E-state index is 9.48. The first-order chi connectivity index (χ1) is 6.31. The summed E-state index contributed by atoms with van der Waals surface area (Å²) in [6.07, 6.45) is 0.995. The van der Waals surface area contributed by atoms with E-state index in [-0.39, 0.29) is 18.4 Å². The molecule has 0 amide bonds. The van der Waals surface area contributed by atoms with E-state index in [2.05, 4.69) is 10.3 Å². The highest BCUT2D eigenvalue weighted by atomic mass is 16.3. The summed E-state index contributed by atoms with van der Waals surface area (Å²) in [6, 6.07) is 3.36. The molecule has 0 saturated carbocycles. The Kier molecular flexibility index (Phi) is 2.16. The summed E-state index contributed by atoms with van der Waals surface area (Å²) < 4.78 is 0. The van der Waals surface area contributed by atoms with Crippen LogP contribution >= 0.6 is 0 Å². The fraction of sp³-hybridized carbons (Fsp3) is 0.444. The molecule has 1 aromatic heterocycles. The van der Waals surface area contributed by atoms with Crippen LogP contribution in [0.2, 0.25) is 0 Å². The van der Waals surface area contributed by atoms with Gasteiger partial charge in [0.1, 0.15) is 5.75 Å². The van der Waals surface area contributed by atoms with E-state index in [0.717, 1.165) is 13.0 Å². The van der Waals surface area contributed by atoms with Crippen molar-refractivity contribution in [1.82, 2.24) is 10.3 Å². The zero-order valence-electron chi connectivity index (χ0n) is 7.20. The van der Waals surface area contributed by atoms with E-state index < -0.39 is 0 Å². The van der Waals surface area contributed by atoms with Crippen molar-refractivity contribution in [3.8, 4) is 5.75 Å². The Hall–Kier alpha value is -1.13. The second-order valence-corrected chi connectivity index (χ2v) is 3.16. The zero-order chi connectivity index (χ0) is 9.26. The summed E-state index contributed by atoms with van der Waals surface area (Å²) in [5, 5.41) is 21.5. The molecule has 0 bridgehead atoms. The Morgan fingerprint density at radius 2 is 2.31 bits per heavy atom. The highest BCUT2D eigenvalue weighted by Crippen LogP contribution is 2.28. The number of aliphatic hydroxyl groups excluding tert-OH is 1. The molecule has 0 aliphatic carbocycles. The van der Waals surface area contributed by atoms with Crippen molar-refractivity contribution >= 4 is 0 Å². The molecule has 0 radical (unpaired) electrons. The lowest BCUT2D eigenvalue weighted by atomic mass is 10.0. The topological polar surface area (TPSA) is 65.4 Å². The van der Waals surface area contributed by atoms with Gasteiger partial charge in [0, 0.05) is 0 Å². The van der Waals surface area contributed by atoms with Crippen molar-refractivity contribution in [2.45, 2.75) is 19.1 Å². The van der Waals surface area contributed by atoms with Crippen molar-refractivity contribution in [3.63, 3.8) is 0 Å². The average molecular weight is 180 g/mol. The zero-order valence-corrected chi connectivity index (χ0v) is 7.20. The molecule has 70 valence electrons. The lowest BCUT2D eigenvalue weighted by Crippen LogP contribution is -2.35. The molecule has 1 atom stereocenters. The molecule has 4 heteroatoms. The molecule has 4 nitrogen and oxygen atoms in total. The second-order valence-electron chi connectivity index (χ2n) is 3.16. The van der Waals surface area contributed by atoms with Crippen molar-refractivity contribution in [1.29, 1.82) is 0 Å². The molecule has 1 aliphatic heterocycles. The third-order valence-electron chi connectivity index (χ3n) is 2.28. The maximum absolute atomic E-state index is 9.48. The highest BCUT2D eigenvalue weighted by molar-refractivity contribution is 5.31. The van der Waals surface area contributed by atoms with E-state index in [1.54, 1.807) is 12.1 Å². The quantitative estimate of drug-likeness (QED) is 0.613. The third-order valence-corrected chi connectivity index (χ3v) is 2.28. The molecule has 3 N–H and O–H groups in total. The van der Waals surface area contributed by atoms with Gasteiger partial charge in [0.25, 0.3) is 0 Å². The smallest absolute Gasteiger partial charge is 0.138 e. The highest BCUT2D eigenvalue weighted by Gasteiger charge is 2.22. The average Bonchev–Trinajstić information content (AvgIpc) is 2.06. The van der Waals surface area contributed by atoms with Crippen LogP contribution in [0.15, 0.2) is 12.1 Å². The summed E-state index contributed by atoms with van der Waals surface area (Å²) in [6.45, 7) is 0.884. The van der Waals surface area contributed by atoms with Crippen molar-refractivity contribution in [2.75, 3.05) is 6.54 Å². The van der Waals surface area contributed by atoms with Crippen LogP contribution in [-0.2, 0) is 6.61 Å². The number of nitrogens with zero attached hydrogens (tertiary/aromatic N) is 1. The fourth-order valence-corrected chi connectivity index (χ4v) is 1.38. The molecule has 1 aromatic rings. The minimum atomic E-state index is -0.0833. The van der Waals surface area contributed by atoms with Crippen molar-refractivity contribution in [3.05, 3.63) is 23.5 Å². The Labute approximate surface area is 76.2 Å². The van der Waals surface area contributed by atoms with E-state index in [1.807, 2.05) is 0 Å². The fourth-order valence-electron chi connectivity index (χ4n) is 1.38. The molecular weight excluding hydrogens is 168 g/mol. The first-order valence-electron chi connectivity index (χ1n) is 4.34. The third kappa shape index (κ3) is 1.50. The minimum absolute atomic E-state index is 0.0833. The SMILES string of the molecule is OCc1ccc(O)c(C2CCN2)n1. The normalized spacial score (nSPS) is 21.2. The van der Waals surface area contributed by atoms with Crippen LogP contribution in [0.25, 0.3) is 0 Å². The molecule has 1 aliphatic rings. The lowest BCUT2D eigenvalue weighted by molar-refractivity contribution is 0.274. The van der Waals surface area contributed by atoms with Gasteiger partial charge in [0.15, 0.2) is 0 Å². The minimum Gasteiger partial charge on any atom is -0.506 e. The van der Waals surface area contributed by atoms with Gasteiger partial charge in [0.05, 0.1) is 24.0 Å². The van der Waals surface area contributed by atoms with Gasteiger partial charge in [0.2, 0.25) is 0 Å². The first-order valence-corrected chi connectivity index (χ1v) is 4.34. The number of pyridine rings is 1. The molecule has 2 heterocycles. The maximum Gasteiger partial charge on any atom is 0.138 e. The summed E-state index contributed by atoms with van der Waals surface area (Å²) in [4.78, 5) is 4.15. The summed E-state index contributed by atoms with van der Waals surface area (Å²) in [5.41, 5.74) is 1.25. The van der Waals surface area contributed by atoms with Gasteiger partial charge in [-0.25, -0.2) is 4.98 Å². The van der Waals surface area contributed by atoms with E-state index >= 15 is 0 Å². The van der Waals surface area contributed by atoms with E-state index in [0.29, 0.717) is 11.4 Å². The van der Waals surface area contributed by atoms with Gasteiger partial charge >= 0.3 is 0 Å². The van der Waals surface area contributed by atoms with Crippen molar-refractivity contribution in [2.24, 2.45) is 0 Å². The lowest BCUT2D eigenvalue weighted by Gasteiger charge is -2.27. The van der Waals surface area contributed by atoms with Gasteiger partial charge < -0.3 is 15.5 Å². The molecule has 1 saturated heterocycles. The van der Waals surface area contributed by atoms with E-state index in [9.17, 15) is 5.11 Å². The predicted molar refractivity (Wildman–Crippen MR) is 47.2 cm³/mol. The number of aromatic nitrogens is 1. The first kappa shape index (κ1) is 8.47. The van der Waals surface area contributed by atoms with Gasteiger partial charge in [-0.2, -0.15) is 0 Å². The molecular formula is C9H12N2O2. The summed E-state index contributed by atoms with van der Waals surface area (Å²) in [5.74, 6) is 0.203. The summed E-state index contributed by atoms with van der Waals surface area (Å²) >= 11 is 0. The number of nitrogens with one attached hydrogen (secondary N) is 1. The van der Waals surface area contributed by atoms with Crippen LogP contribution in [0.5, 0.6) is 5.75 Å². The van der Waals surface area contributed by atoms with E-state index in [4.69, 9.17) is 5.11 Å². The number of rotatable bonds is 2. The Bertz CT molecular complexity index is 310. The Morgan fingerprint density at radius 3 is 2.85 bits per heavy atom. The van der Waals surface area contributed by atoms with Crippen LogP contribution < -0.4 is 5.32 Å². The van der Waals surface area contributed by atoms with Crippen molar-refractivity contribution < 1.29 is 10.2 Å². The van der Waals surface area contributed by atoms with Gasteiger partial charge in [-0.15, -0.1) is 0 Å². The molecule has 13 heavy (non-hydrogen) atoms. The largest absolute Gasteiger partial charge is 0.506 e. The standard InChI is InChI=1S/C9H12N2O2/c12-5-6-1-2-8(13)9(11-6)7-3-4-10-7/h1-2,7,10,12-13H,3-5H2. The Balaban J connectivity index is 2.30. The molecule has 0 spiro atoms. The number of aliphatic hydroxyl groups is 1. The van der Waals surface area contributed by atoms with Crippen LogP contribution in [-0.4, -0.2) is 21.7 Å². The number of hydrogen-bond acceptors (Lipinski definition) is 4. The van der Waals surface area contributed by atoms with Gasteiger partial charge in [-0.05, 0) is 25.1 Å². The predicted octanol–water partition coefficient (Wildman–Crippen LogP) is 0.314. The second kappa shape index (κ2) is 3.32. The summed E-state index contributed by atoms with van der Waals surface area (Å²) in [7, 11) is 0. The van der Waals surface area contributed by atoms with Gasteiger partial charge in [-0.1, -0.05) is 0 Å². The Morgan fingerprint density at radius 1 is 1.54 bits per heavy atom. The molecule has 2 rings (SSSR count). The van der Waals surface area contributed by atoms with Crippen LogP contribution in [0.1, 0.15) is 23.9 Å². The number of hydrogen-bond donors (Lipinski definition) is 3. The van der Waals surface area contributed by atoms with Crippen LogP contribution in [0, 0.1) is 0 Å². The van der Waals surface area contributed by atoms with E-state index in [1.165, 1.54) is 0 Å². The monoisotopic (exact) mass is 180 g/mol.